The molecule has 0 saturated heterocycles. The molecule has 2 heteroatoms. The summed E-state index contributed by atoms with van der Waals surface area (Å²) in [6.45, 7) is 9.22. The summed E-state index contributed by atoms with van der Waals surface area (Å²) in [5.41, 5.74) is 0. The molecule has 0 aliphatic heterocycles. The van der Waals surface area contributed by atoms with Crippen LogP contribution in [-0.2, 0) is 9.47 Å². The lowest BCUT2D eigenvalue weighted by Gasteiger charge is -2.04. The van der Waals surface area contributed by atoms with Crippen LogP contribution in [0.2, 0.25) is 0 Å². The first kappa shape index (κ1) is 11.5. The lowest BCUT2D eigenvalue weighted by molar-refractivity contribution is 0.109. The van der Waals surface area contributed by atoms with Crippen LogP contribution in [0.1, 0.15) is 27.7 Å². The van der Waals surface area contributed by atoms with E-state index in [1.54, 1.807) is 0 Å². The molecule has 0 aromatic rings. The number of hydrogen-bond donors (Lipinski definition) is 0. The predicted molar refractivity (Wildman–Crippen MR) is 50.0 cm³/mol. The maximum absolute atomic E-state index is 5.24. The van der Waals surface area contributed by atoms with E-state index in [0.29, 0.717) is 13.2 Å². The summed E-state index contributed by atoms with van der Waals surface area (Å²) in [5, 5.41) is 0. The quantitative estimate of drug-likeness (QED) is 0.599. The van der Waals surface area contributed by atoms with Crippen LogP contribution in [0, 0.1) is 11.8 Å². The molecule has 0 aliphatic carbocycles. The maximum atomic E-state index is 5.24. The van der Waals surface area contributed by atoms with Gasteiger partial charge in [0.2, 0.25) is 0 Å². The lowest BCUT2D eigenvalue weighted by Crippen LogP contribution is -2.08. The van der Waals surface area contributed by atoms with Crippen molar-refractivity contribution in [1.29, 1.82) is 0 Å². The van der Waals surface area contributed by atoms with Gasteiger partial charge in [0.25, 0.3) is 0 Å². The fraction of sp³-hybridized carbons (Fsp3) is 0.800. The SMILES string of the molecule is CCOC(C)C#CC(C)OCC. The van der Waals surface area contributed by atoms with Gasteiger partial charge in [-0.3, -0.25) is 0 Å². The minimum absolute atomic E-state index is 0.0120. The van der Waals surface area contributed by atoms with Crippen molar-refractivity contribution >= 4 is 0 Å². The Hall–Kier alpha value is -0.520. The summed E-state index contributed by atoms with van der Waals surface area (Å²) in [4.78, 5) is 0. The molecule has 0 aliphatic rings. The van der Waals surface area contributed by atoms with Crippen LogP contribution in [0.4, 0.5) is 0 Å². The second kappa shape index (κ2) is 7.15. The largest absolute Gasteiger partial charge is 0.366 e. The fourth-order valence-electron chi connectivity index (χ4n) is 0.818. The Balaban J connectivity index is 3.68. The van der Waals surface area contributed by atoms with Gasteiger partial charge in [-0.25, -0.2) is 0 Å². The smallest absolute Gasteiger partial charge is 0.115 e. The number of rotatable bonds is 4. The van der Waals surface area contributed by atoms with E-state index in [1.165, 1.54) is 0 Å². The van der Waals surface area contributed by atoms with Crippen molar-refractivity contribution in [3.8, 4) is 11.8 Å². The minimum Gasteiger partial charge on any atom is -0.366 e. The van der Waals surface area contributed by atoms with Gasteiger partial charge in [-0.05, 0) is 27.7 Å². The van der Waals surface area contributed by atoms with Crippen LogP contribution in [0.5, 0.6) is 0 Å². The molecule has 0 N–H and O–H groups in total. The van der Waals surface area contributed by atoms with Gasteiger partial charge in [-0.15, -0.1) is 0 Å². The maximum Gasteiger partial charge on any atom is 0.115 e. The van der Waals surface area contributed by atoms with Gasteiger partial charge in [0, 0.05) is 13.2 Å². The third-order valence-corrected chi connectivity index (χ3v) is 1.32. The van der Waals surface area contributed by atoms with Crippen LogP contribution in [-0.4, -0.2) is 25.4 Å². The molecule has 0 bridgehead atoms. The van der Waals surface area contributed by atoms with E-state index in [1.807, 2.05) is 27.7 Å². The summed E-state index contributed by atoms with van der Waals surface area (Å²) in [6, 6.07) is 0. The Morgan fingerprint density at radius 2 is 1.25 bits per heavy atom. The van der Waals surface area contributed by atoms with Gasteiger partial charge >= 0.3 is 0 Å². The van der Waals surface area contributed by atoms with Crippen molar-refractivity contribution in [3.05, 3.63) is 0 Å². The van der Waals surface area contributed by atoms with Crippen molar-refractivity contribution in [1.82, 2.24) is 0 Å². The first-order valence-electron chi connectivity index (χ1n) is 4.45. The molecule has 2 unspecified atom stereocenters. The molecule has 0 rings (SSSR count). The van der Waals surface area contributed by atoms with E-state index in [9.17, 15) is 0 Å². The second-order valence-corrected chi connectivity index (χ2v) is 2.48. The Morgan fingerprint density at radius 1 is 0.917 bits per heavy atom. The molecule has 0 saturated carbocycles. The van der Waals surface area contributed by atoms with E-state index >= 15 is 0 Å². The monoisotopic (exact) mass is 170 g/mol. The Bertz CT molecular complexity index is 139. The predicted octanol–water partition coefficient (Wildman–Crippen LogP) is 1.84. The van der Waals surface area contributed by atoms with Crippen molar-refractivity contribution < 1.29 is 9.47 Å². The van der Waals surface area contributed by atoms with Crippen molar-refractivity contribution in [3.63, 3.8) is 0 Å². The minimum atomic E-state index is 0.0120. The number of hydrogen-bond acceptors (Lipinski definition) is 2. The van der Waals surface area contributed by atoms with Crippen LogP contribution < -0.4 is 0 Å². The zero-order valence-corrected chi connectivity index (χ0v) is 8.39. The summed E-state index contributed by atoms with van der Waals surface area (Å²) < 4.78 is 10.5. The average molecular weight is 170 g/mol. The average Bonchev–Trinajstić information content (AvgIpc) is 2.02. The molecule has 0 aromatic carbocycles. The van der Waals surface area contributed by atoms with Crippen LogP contribution in [0.15, 0.2) is 0 Å². The highest BCUT2D eigenvalue weighted by Crippen LogP contribution is 1.90. The van der Waals surface area contributed by atoms with Crippen molar-refractivity contribution in [2.24, 2.45) is 0 Å². The van der Waals surface area contributed by atoms with Gasteiger partial charge in [-0.2, -0.15) is 0 Å². The van der Waals surface area contributed by atoms with Gasteiger partial charge in [0.05, 0.1) is 0 Å². The molecule has 0 amide bonds. The van der Waals surface area contributed by atoms with Gasteiger partial charge in [-0.1, -0.05) is 11.8 Å². The molecule has 0 radical (unpaired) electrons. The highest BCUT2D eigenvalue weighted by molar-refractivity contribution is 5.07. The third-order valence-electron chi connectivity index (χ3n) is 1.32. The van der Waals surface area contributed by atoms with Gasteiger partial charge < -0.3 is 9.47 Å². The Labute approximate surface area is 75.3 Å². The summed E-state index contributed by atoms with van der Waals surface area (Å²) in [6.07, 6.45) is 0.0239. The topological polar surface area (TPSA) is 18.5 Å². The molecule has 0 spiro atoms. The van der Waals surface area contributed by atoms with E-state index < -0.39 is 0 Å². The molecule has 2 nitrogen and oxygen atoms in total. The van der Waals surface area contributed by atoms with Crippen LogP contribution in [0.25, 0.3) is 0 Å². The molecule has 70 valence electrons. The van der Waals surface area contributed by atoms with E-state index in [2.05, 4.69) is 11.8 Å². The summed E-state index contributed by atoms with van der Waals surface area (Å²) >= 11 is 0. The lowest BCUT2D eigenvalue weighted by atomic mass is 10.3. The summed E-state index contributed by atoms with van der Waals surface area (Å²) in [7, 11) is 0. The zero-order valence-electron chi connectivity index (χ0n) is 8.39. The first-order chi connectivity index (χ1) is 5.70. The Morgan fingerprint density at radius 3 is 1.50 bits per heavy atom. The zero-order chi connectivity index (χ0) is 9.40. The molecule has 0 fully saturated rings. The molecular weight excluding hydrogens is 152 g/mol. The standard InChI is InChI=1S/C10H18O2/c1-5-11-9(3)7-8-10(4)12-6-2/h9-10H,5-6H2,1-4H3. The third kappa shape index (κ3) is 6.21. The molecule has 2 atom stereocenters. The molecule has 0 aromatic heterocycles. The van der Waals surface area contributed by atoms with Crippen LogP contribution in [0.3, 0.4) is 0 Å². The van der Waals surface area contributed by atoms with E-state index in [4.69, 9.17) is 9.47 Å². The number of ether oxygens (including phenoxy) is 2. The van der Waals surface area contributed by atoms with E-state index in [0.717, 1.165) is 0 Å². The molecular formula is C10H18O2. The second-order valence-electron chi connectivity index (χ2n) is 2.48. The van der Waals surface area contributed by atoms with E-state index in [-0.39, 0.29) is 12.2 Å². The normalized spacial score (nSPS) is 14.7. The van der Waals surface area contributed by atoms with Crippen LogP contribution >= 0.6 is 0 Å². The van der Waals surface area contributed by atoms with Crippen molar-refractivity contribution in [2.45, 2.75) is 39.9 Å². The highest BCUT2D eigenvalue weighted by Gasteiger charge is 1.95. The summed E-state index contributed by atoms with van der Waals surface area (Å²) in [5.74, 6) is 5.94. The first-order valence-corrected chi connectivity index (χ1v) is 4.45. The molecule has 12 heavy (non-hydrogen) atoms. The van der Waals surface area contributed by atoms with Crippen molar-refractivity contribution in [2.75, 3.05) is 13.2 Å². The molecule has 0 heterocycles. The Kier molecular flexibility index (Phi) is 6.84. The fourth-order valence-corrected chi connectivity index (χ4v) is 0.818. The van der Waals surface area contributed by atoms with Gasteiger partial charge in [0.15, 0.2) is 0 Å². The highest BCUT2D eigenvalue weighted by atomic mass is 16.5. The van der Waals surface area contributed by atoms with Gasteiger partial charge in [0.1, 0.15) is 12.2 Å².